The Bertz CT molecular complexity index is 1020. The Morgan fingerprint density at radius 3 is 2.61 bits per heavy atom. The predicted octanol–water partition coefficient (Wildman–Crippen LogP) is 4.48. The predicted molar refractivity (Wildman–Crippen MR) is 106 cm³/mol. The van der Waals surface area contributed by atoms with Crippen molar-refractivity contribution in [2.45, 2.75) is 12.5 Å². The van der Waals surface area contributed by atoms with Gasteiger partial charge < -0.3 is 4.74 Å². The van der Waals surface area contributed by atoms with Gasteiger partial charge >= 0.3 is 5.97 Å². The molecule has 0 unspecified atom stereocenters. The van der Waals surface area contributed by atoms with Crippen molar-refractivity contribution >= 4 is 40.3 Å². The third-order valence-corrected chi connectivity index (χ3v) is 6.16. The highest BCUT2D eigenvalue weighted by molar-refractivity contribution is 7.12. The first kappa shape index (κ1) is 18.5. The molecule has 1 atom stereocenters. The Labute approximate surface area is 168 Å². The molecule has 0 saturated heterocycles. The minimum atomic E-state index is -0.874. The molecule has 0 radical (unpaired) electrons. The maximum Gasteiger partial charge on any atom is 0.341 e. The summed E-state index contributed by atoms with van der Waals surface area (Å²) >= 11 is 3.10. The first-order valence-corrected chi connectivity index (χ1v) is 10.3. The van der Waals surface area contributed by atoms with Crippen LogP contribution in [0.2, 0.25) is 0 Å². The van der Waals surface area contributed by atoms with Gasteiger partial charge in [0.2, 0.25) is 0 Å². The SMILES string of the molecule is O=C(OCC(=O)N1N=C(c2cccs2)C[C@H]1c1cccs1)c1ccccc1F. The van der Waals surface area contributed by atoms with Crippen molar-refractivity contribution in [1.82, 2.24) is 5.01 Å². The first-order valence-electron chi connectivity index (χ1n) is 8.52. The van der Waals surface area contributed by atoms with Gasteiger partial charge in [-0.25, -0.2) is 14.2 Å². The minimum Gasteiger partial charge on any atom is -0.452 e. The van der Waals surface area contributed by atoms with Crippen LogP contribution in [0, 0.1) is 5.82 Å². The highest BCUT2D eigenvalue weighted by Gasteiger charge is 2.34. The van der Waals surface area contributed by atoms with Gasteiger partial charge in [-0.15, -0.1) is 22.7 Å². The summed E-state index contributed by atoms with van der Waals surface area (Å²) in [5, 5.41) is 9.76. The molecule has 28 heavy (non-hydrogen) atoms. The van der Waals surface area contributed by atoms with E-state index in [4.69, 9.17) is 4.74 Å². The fraction of sp³-hybridized carbons (Fsp3) is 0.150. The number of carbonyl (C=O) groups excluding carboxylic acids is 2. The fourth-order valence-corrected chi connectivity index (χ4v) is 4.47. The summed E-state index contributed by atoms with van der Waals surface area (Å²) in [6.07, 6.45) is 0.591. The quantitative estimate of drug-likeness (QED) is 0.578. The van der Waals surface area contributed by atoms with Gasteiger partial charge in [-0.2, -0.15) is 5.10 Å². The number of hydrogen-bond donors (Lipinski definition) is 0. The second kappa shape index (κ2) is 8.04. The smallest absolute Gasteiger partial charge is 0.341 e. The molecule has 1 aliphatic heterocycles. The van der Waals surface area contributed by atoms with Gasteiger partial charge in [0, 0.05) is 11.3 Å². The van der Waals surface area contributed by atoms with E-state index in [1.54, 1.807) is 22.7 Å². The number of benzene rings is 1. The van der Waals surface area contributed by atoms with Crippen LogP contribution in [0.25, 0.3) is 0 Å². The number of ether oxygens (including phenoxy) is 1. The van der Waals surface area contributed by atoms with E-state index in [2.05, 4.69) is 5.10 Å². The molecule has 3 aromatic rings. The summed E-state index contributed by atoms with van der Waals surface area (Å²) in [5.41, 5.74) is 0.622. The zero-order valence-corrected chi connectivity index (χ0v) is 16.2. The van der Waals surface area contributed by atoms with Gasteiger partial charge in [-0.1, -0.05) is 24.3 Å². The van der Waals surface area contributed by atoms with Crippen LogP contribution in [0.15, 0.2) is 64.4 Å². The second-order valence-electron chi connectivity index (χ2n) is 6.05. The molecule has 0 saturated carbocycles. The monoisotopic (exact) mass is 414 g/mol. The third kappa shape index (κ3) is 3.74. The minimum absolute atomic E-state index is 0.200. The molecule has 0 aliphatic carbocycles. The normalized spacial score (nSPS) is 16.1. The number of halogens is 1. The van der Waals surface area contributed by atoms with E-state index >= 15 is 0 Å². The van der Waals surface area contributed by atoms with Crippen molar-refractivity contribution in [2.24, 2.45) is 5.10 Å². The van der Waals surface area contributed by atoms with Crippen molar-refractivity contribution in [3.63, 3.8) is 0 Å². The van der Waals surface area contributed by atoms with E-state index in [1.165, 1.54) is 29.3 Å². The number of thiophene rings is 2. The van der Waals surface area contributed by atoms with Crippen LogP contribution in [0.4, 0.5) is 4.39 Å². The molecule has 8 heteroatoms. The van der Waals surface area contributed by atoms with Crippen molar-refractivity contribution < 1.29 is 18.7 Å². The van der Waals surface area contributed by atoms with E-state index in [9.17, 15) is 14.0 Å². The summed E-state index contributed by atoms with van der Waals surface area (Å²) in [7, 11) is 0. The summed E-state index contributed by atoms with van der Waals surface area (Å²) in [4.78, 5) is 26.8. The highest BCUT2D eigenvalue weighted by Crippen LogP contribution is 2.35. The molecular weight excluding hydrogens is 399 g/mol. The number of esters is 1. The number of hydrogen-bond acceptors (Lipinski definition) is 6. The molecule has 0 N–H and O–H groups in total. The lowest BCUT2D eigenvalue weighted by Crippen LogP contribution is -2.31. The third-order valence-electron chi connectivity index (χ3n) is 4.26. The van der Waals surface area contributed by atoms with Gasteiger partial charge in [-0.3, -0.25) is 4.79 Å². The highest BCUT2D eigenvalue weighted by atomic mass is 32.1. The first-order chi connectivity index (χ1) is 13.6. The topological polar surface area (TPSA) is 59.0 Å². The van der Waals surface area contributed by atoms with Crippen molar-refractivity contribution in [2.75, 3.05) is 6.61 Å². The number of rotatable bonds is 5. The molecule has 1 aliphatic rings. The number of nitrogens with zero attached hydrogens (tertiary/aromatic N) is 2. The average molecular weight is 414 g/mol. The maximum absolute atomic E-state index is 13.7. The van der Waals surface area contributed by atoms with Gasteiger partial charge in [0.25, 0.3) is 5.91 Å². The molecule has 0 fully saturated rings. The molecular formula is C20H15FN2O3S2. The van der Waals surface area contributed by atoms with Crippen molar-refractivity contribution in [3.05, 3.63) is 80.4 Å². The van der Waals surface area contributed by atoms with Crippen LogP contribution in [0.3, 0.4) is 0 Å². The molecule has 1 aromatic carbocycles. The lowest BCUT2D eigenvalue weighted by Gasteiger charge is -2.20. The lowest BCUT2D eigenvalue weighted by atomic mass is 10.1. The van der Waals surface area contributed by atoms with Gasteiger partial charge in [0.15, 0.2) is 6.61 Å². The number of amides is 1. The lowest BCUT2D eigenvalue weighted by molar-refractivity contribution is -0.136. The van der Waals surface area contributed by atoms with Gasteiger partial charge in [-0.05, 0) is 35.0 Å². The zero-order chi connectivity index (χ0) is 19.5. The Hall–Kier alpha value is -2.84. The van der Waals surface area contributed by atoms with E-state index < -0.39 is 24.3 Å². The van der Waals surface area contributed by atoms with Gasteiger partial charge in [0.1, 0.15) is 5.82 Å². The molecule has 2 aromatic heterocycles. The summed E-state index contributed by atoms with van der Waals surface area (Å²) in [6.45, 7) is -0.504. The van der Waals surface area contributed by atoms with Crippen molar-refractivity contribution in [3.8, 4) is 0 Å². The zero-order valence-electron chi connectivity index (χ0n) is 14.6. The van der Waals surface area contributed by atoms with E-state index in [0.29, 0.717) is 6.42 Å². The van der Waals surface area contributed by atoms with Crippen LogP contribution in [0.5, 0.6) is 0 Å². The molecule has 0 spiro atoms. The molecule has 0 bridgehead atoms. The molecule has 142 valence electrons. The maximum atomic E-state index is 13.7. The largest absolute Gasteiger partial charge is 0.452 e. The summed E-state index contributed by atoms with van der Waals surface area (Å²) < 4.78 is 18.7. The summed E-state index contributed by atoms with van der Waals surface area (Å²) in [5.74, 6) is -2.01. The van der Waals surface area contributed by atoms with E-state index in [-0.39, 0.29) is 11.6 Å². The number of carbonyl (C=O) groups is 2. The Morgan fingerprint density at radius 2 is 1.89 bits per heavy atom. The second-order valence-corrected chi connectivity index (χ2v) is 7.98. The van der Waals surface area contributed by atoms with Crippen LogP contribution in [-0.2, 0) is 9.53 Å². The average Bonchev–Trinajstić information content (AvgIpc) is 3.46. The molecule has 4 rings (SSSR count). The van der Waals surface area contributed by atoms with Crippen molar-refractivity contribution in [1.29, 1.82) is 0 Å². The Morgan fingerprint density at radius 1 is 1.11 bits per heavy atom. The number of hydrazone groups is 1. The van der Waals surface area contributed by atoms with Crippen LogP contribution >= 0.6 is 22.7 Å². The molecule has 3 heterocycles. The molecule has 5 nitrogen and oxygen atoms in total. The van der Waals surface area contributed by atoms with Crippen LogP contribution < -0.4 is 0 Å². The molecule has 1 amide bonds. The summed E-state index contributed by atoms with van der Waals surface area (Å²) in [6, 6.07) is 13.0. The van der Waals surface area contributed by atoms with Gasteiger partial charge in [0.05, 0.1) is 22.2 Å². The fourth-order valence-electron chi connectivity index (χ4n) is 2.93. The standard InChI is InChI=1S/C20H15FN2O3S2/c21-14-6-2-1-5-13(14)20(25)26-12-19(24)23-16(18-8-4-10-28-18)11-15(22-23)17-7-3-9-27-17/h1-10,16H,11-12H2/t16-/m0/s1. The van der Waals surface area contributed by atoms with Crippen LogP contribution in [0.1, 0.15) is 32.6 Å². The van der Waals surface area contributed by atoms with E-state index in [1.807, 2.05) is 35.0 Å². The van der Waals surface area contributed by atoms with Crippen LogP contribution in [-0.4, -0.2) is 29.2 Å². The van der Waals surface area contributed by atoms with E-state index in [0.717, 1.165) is 15.5 Å². The Kier molecular flexibility index (Phi) is 5.31. The Balaban J connectivity index is 1.50.